The average Bonchev–Trinajstić information content (AvgIpc) is 2.86. The number of aliphatic hydroxyl groups excluding tert-OH is 1. The van der Waals surface area contributed by atoms with Gasteiger partial charge in [-0.3, -0.25) is 0 Å². The molecule has 4 aromatic rings. The van der Waals surface area contributed by atoms with Crippen LogP contribution in [0.2, 0.25) is 5.02 Å². The second-order valence-electron chi connectivity index (χ2n) is 7.68. The summed E-state index contributed by atoms with van der Waals surface area (Å²) in [6, 6.07) is 22.8. The zero-order valence-corrected chi connectivity index (χ0v) is 19.4. The number of hydrogen-bond donors (Lipinski definition) is 1. The number of carbonyl (C=O) groups is 1. The Kier molecular flexibility index (Phi) is 6.96. The van der Waals surface area contributed by atoms with E-state index in [9.17, 15) is 14.3 Å². The van der Waals surface area contributed by atoms with Crippen LogP contribution in [0.5, 0.6) is 5.75 Å². The number of halogens is 2. The Hall–Kier alpha value is -3.67. The Morgan fingerprint density at radius 1 is 0.853 bits per heavy atom. The van der Waals surface area contributed by atoms with Crippen LogP contribution in [0.4, 0.5) is 4.39 Å². The largest absolute Gasteiger partial charge is 0.496 e. The van der Waals surface area contributed by atoms with Gasteiger partial charge in [-0.15, -0.1) is 0 Å². The molecule has 1 N–H and O–H groups in total. The lowest BCUT2D eigenvalue weighted by atomic mass is 9.93. The van der Waals surface area contributed by atoms with Crippen molar-refractivity contribution in [3.05, 3.63) is 101 Å². The molecule has 0 heterocycles. The number of carbonyl (C=O) groups excluding carboxylic acids is 1. The number of ether oxygens (including phenoxy) is 2. The molecule has 0 unspecified atom stereocenters. The second kappa shape index (κ2) is 10.1. The number of esters is 1. The minimum Gasteiger partial charge on any atom is -0.496 e. The zero-order valence-electron chi connectivity index (χ0n) is 18.6. The molecule has 0 fully saturated rings. The maximum absolute atomic E-state index is 13.9. The molecule has 0 saturated carbocycles. The van der Waals surface area contributed by atoms with Gasteiger partial charge in [-0.2, -0.15) is 0 Å². The molecule has 0 aromatic heterocycles. The minimum absolute atomic E-state index is 0.178. The summed E-state index contributed by atoms with van der Waals surface area (Å²) in [7, 11) is 2.89. The summed E-state index contributed by atoms with van der Waals surface area (Å²) < 4.78 is 24.3. The van der Waals surface area contributed by atoms with Crippen molar-refractivity contribution >= 4 is 17.6 Å². The van der Waals surface area contributed by atoms with Gasteiger partial charge in [0.05, 0.1) is 26.4 Å². The van der Waals surface area contributed by atoms with E-state index in [-0.39, 0.29) is 6.61 Å². The van der Waals surface area contributed by atoms with Gasteiger partial charge >= 0.3 is 5.97 Å². The molecule has 0 saturated heterocycles. The van der Waals surface area contributed by atoms with E-state index in [1.165, 1.54) is 19.2 Å². The molecule has 34 heavy (non-hydrogen) atoms. The van der Waals surface area contributed by atoms with Gasteiger partial charge in [-0.25, -0.2) is 9.18 Å². The molecular formula is C28H22ClFO4. The van der Waals surface area contributed by atoms with Crippen molar-refractivity contribution in [2.24, 2.45) is 0 Å². The highest BCUT2D eigenvalue weighted by molar-refractivity contribution is 6.30. The third-order valence-electron chi connectivity index (χ3n) is 5.58. The van der Waals surface area contributed by atoms with E-state index in [2.05, 4.69) is 0 Å². The van der Waals surface area contributed by atoms with Gasteiger partial charge in [0.2, 0.25) is 0 Å². The van der Waals surface area contributed by atoms with Crippen molar-refractivity contribution in [1.82, 2.24) is 0 Å². The highest BCUT2D eigenvalue weighted by Crippen LogP contribution is 2.37. The van der Waals surface area contributed by atoms with Crippen LogP contribution in [0.3, 0.4) is 0 Å². The molecule has 4 nitrogen and oxygen atoms in total. The first-order valence-electron chi connectivity index (χ1n) is 10.5. The number of benzene rings is 4. The SMILES string of the molecule is COC(=O)c1cccc(-c2ccc(-c3ccc(-c4cc(F)cc(Cl)c4)c(OC)c3)cc2CO)c1. The standard InChI is InChI=1S/C28H22ClFO4/c1-33-27-14-18(7-9-26(27)21-12-23(29)15-24(30)13-21)17-6-8-25(22(10-17)16-31)19-4-3-5-20(11-19)28(32)34-2/h3-15,31H,16H2,1-2H3. The summed E-state index contributed by atoms with van der Waals surface area (Å²) in [6.07, 6.45) is 0. The molecule has 0 amide bonds. The van der Waals surface area contributed by atoms with Gasteiger partial charge in [0.15, 0.2) is 0 Å². The minimum atomic E-state index is -0.423. The summed E-state index contributed by atoms with van der Waals surface area (Å²) in [6.45, 7) is -0.178. The van der Waals surface area contributed by atoms with Gasteiger partial charge < -0.3 is 14.6 Å². The first kappa shape index (κ1) is 23.5. The quantitative estimate of drug-likeness (QED) is 0.312. The molecular weight excluding hydrogens is 455 g/mol. The fourth-order valence-corrected chi connectivity index (χ4v) is 4.16. The Morgan fingerprint density at radius 3 is 2.26 bits per heavy atom. The lowest BCUT2D eigenvalue weighted by molar-refractivity contribution is 0.0601. The molecule has 0 bridgehead atoms. The van der Waals surface area contributed by atoms with E-state index in [0.717, 1.165) is 22.3 Å². The fraction of sp³-hybridized carbons (Fsp3) is 0.107. The predicted molar refractivity (Wildman–Crippen MR) is 132 cm³/mol. The monoisotopic (exact) mass is 476 g/mol. The van der Waals surface area contributed by atoms with Crippen molar-refractivity contribution in [2.75, 3.05) is 14.2 Å². The molecule has 0 aliphatic carbocycles. The lowest BCUT2D eigenvalue weighted by Crippen LogP contribution is -2.01. The number of hydrogen-bond acceptors (Lipinski definition) is 4. The highest BCUT2D eigenvalue weighted by Gasteiger charge is 2.13. The van der Waals surface area contributed by atoms with Crippen LogP contribution in [0.15, 0.2) is 78.9 Å². The van der Waals surface area contributed by atoms with E-state index in [4.69, 9.17) is 21.1 Å². The van der Waals surface area contributed by atoms with Gasteiger partial charge in [-0.1, -0.05) is 48.0 Å². The summed E-state index contributed by atoms with van der Waals surface area (Å²) >= 11 is 6.03. The van der Waals surface area contributed by atoms with Crippen LogP contribution in [0, 0.1) is 5.82 Å². The molecule has 4 aromatic carbocycles. The topological polar surface area (TPSA) is 55.8 Å². The van der Waals surface area contributed by atoms with Gasteiger partial charge in [0.1, 0.15) is 11.6 Å². The number of rotatable bonds is 6. The molecule has 172 valence electrons. The molecule has 0 radical (unpaired) electrons. The molecule has 6 heteroatoms. The maximum Gasteiger partial charge on any atom is 0.337 e. The van der Waals surface area contributed by atoms with Crippen LogP contribution in [-0.2, 0) is 11.3 Å². The van der Waals surface area contributed by atoms with Crippen LogP contribution in [0.25, 0.3) is 33.4 Å². The Bertz CT molecular complexity index is 1350. The summed E-state index contributed by atoms with van der Waals surface area (Å²) in [4.78, 5) is 11.9. The second-order valence-corrected chi connectivity index (χ2v) is 8.11. The van der Waals surface area contributed by atoms with E-state index in [0.29, 0.717) is 33.0 Å². The van der Waals surface area contributed by atoms with Gasteiger partial charge in [0, 0.05) is 10.6 Å². The van der Waals surface area contributed by atoms with E-state index in [1.54, 1.807) is 31.4 Å². The van der Waals surface area contributed by atoms with Crippen LogP contribution in [-0.4, -0.2) is 25.3 Å². The van der Waals surface area contributed by atoms with Crippen LogP contribution in [0.1, 0.15) is 15.9 Å². The van der Waals surface area contributed by atoms with E-state index in [1.807, 2.05) is 42.5 Å². The molecule has 4 rings (SSSR count). The predicted octanol–water partition coefficient (Wildman–Crippen LogP) is 6.77. The van der Waals surface area contributed by atoms with Crippen molar-refractivity contribution in [2.45, 2.75) is 6.61 Å². The van der Waals surface area contributed by atoms with Crippen molar-refractivity contribution < 1.29 is 23.8 Å². The fourth-order valence-electron chi connectivity index (χ4n) is 3.94. The van der Waals surface area contributed by atoms with Crippen molar-refractivity contribution in [3.63, 3.8) is 0 Å². The molecule has 0 spiro atoms. The van der Waals surface area contributed by atoms with E-state index >= 15 is 0 Å². The third kappa shape index (κ3) is 4.81. The average molecular weight is 477 g/mol. The first-order chi connectivity index (χ1) is 16.4. The Morgan fingerprint density at radius 2 is 1.59 bits per heavy atom. The first-order valence-corrected chi connectivity index (χ1v) is 10.9. The van der Waals surface area contributed by atoms with E-state index < -0.39 is 11.8 Å². The number of methoxy groups -OCH3 is 2. The number of aliphatic hydroxyl groups is 1. The third-order valence-corrected chi connectivity index (χ3v) is 5.80. The molecule has 0 atom stereocenters. The van der Waals surface area contributed by atoms with Gasteiger partial charge in [0.25, 0.3) is 0 Å². The van der Waals surface area contributed by atoms with Gasteiger partial charge in [-0.05, 0) is 75.8 Å². The Balaban J connectivity index is 1.74. The normalized spacial score (nSPS) is 10.7. The van der Waals surface area contributed by atoms with Crippen molar-refractivity contribution in [3.8, 4) is 39.1 Å². The maximum atomic E-state index is 13.9. The smallest absolute Gasteiger partial charge is 0.337 e. The van der Waals surface area contributed by atoms with Crippen molar-refractivity contribution in [1.29, 1.82) is 0 Å². The summed E-state index contributed by atoms with van der Waals surface area (Å²) in [5.41, 5.74) is 5.83. The molecule has 0 aliphatic rings. The summed E-state index contributed by atoms with van der Waals surface area (Å²) in [5.74, 6) is -0.275. The highest BCUT2D eigenvalue weighted by atomic mass is 35.5. The molecule has 0 aliphatic heterocycles. The van der Waals surface area contributed by atoms with Crippen LogP contribution < -0.4 is 4.74 Å². The van der Waals surface area contributed by atoms with Crippen LogP contribution >= 0.6 is 11.6 Å². The Labute approximate surface area is 202 Å². The lowest BCUT2D eigenvalue weighted by Gasteiger charge is -2.14. The zero-order chi connectivity index (χ0) is 24.2. The summed E-state index contributed by atoms with van der Waals surface area (Å²) in [5, 5.41) is 10.4.